The van der Waals surface area contributed by atoms with Crippen LogP contribution in [-0.4, -0.2) is 22.8 Å². The van der Waals surface area contributed by atoms with E-state index in [0.717, 1.165) is 33.3 Å². The number of aromatic nitrogens is 1. The van der Waals surface area contributed by atoms with Crippen LogP contribution >= 0.6 is 11.6 Å². The maximum absolute atomic E-state index is 12.3. The van der Waals surface area contributed by atoms with Gasteiger partial charge >= 0.3 is 5.97 Å². The Morgan fingerprint density at radius 3 is 2.32 bits per heavy atom. The van der Waals surface area contributed by atoms with Crippen molar-refractivity contribution in [3.63, 3.8) is 0 Å². The average Bonchev–Trinajstić information content (AvgIpc) is 3.09. The van der Waals surface area contributed by atoms with Gasteiger partial charge in [0.15, 0.2) is 0 Å². The number of fused-ring (bicyclic) bond motifs is 1. The molecule has 5 nitrogen and oxygen atoms in total. The van der Waals surface area contributed by atoms with E-state index in [2.05, 4.69) is 5.32 Å². The molecule has 0 spiro atoms. The lowest BCUT2D eigenvalue weighted by atomic mass is 10.1. The highest BCUT2D eigenvalue weighted by Gasteiger charge is 2.22. The van der Waals surface area contributed by atoms with Gasteiger partial charge in [-0.15, -0.1) is 0 Å². The summed E-state index contributed by atoms with van der Waals surface area (Å²) in [5.41, 5.74) is 4.08. The monoisotopic (exact) mass is 434 g/mol. The van der Waals surface area contributed by atoms with Gasteiger partial charge in [0.2, 0.25) is 0 Å². The van der Waals surface area contributed by atoms with E-state index in [-0.39, 0.29) is 0 Å². The summed E-state index contributed by atoms with van der Waals surface area (Å²) in [6.07, 6.45) is 0. The van der Waals surface area contributed by atoms with Gasteiger partial charge in [-0.2, -0.15) is 0 Å². The van der Waals surface area contributed by atoms with E-state index in [0.29, 0.717) is 30.4 Å². The minimum atomic E-state index is -0.937. The van der Waals surface area contributed by atoms with Gasteiger partial charge in [0, 0.05) is 41.1 Å². The van der Waals surface area contributed by atoms with Crippen LogP contribution in [0.2, 0.25) is 5.02 Å². The predicted octanol–water partition coefficient (Wildman–Crippen LogP) is 5.34. The van der Waals surface area contributed by atoms with Crippen LogP contribution in [0, 0.1) is 0 Å². The second-order valence-electron chi connectivity index (χ2n) is 7.31. The number of methoxy groups -OCH3 is 1. The summed E-state index contributed by atoms with van der Waals surface area (Å²) in [5, 5.41) is 15.1. The number of carboxylic acid groups (broad SMARTS) is 1. The van der Waals surface area contributed by atoms with Crippen molar-refractivity contribution in [3.8, 4) is 5.75 Å². The van der Waals surface area contributed by atoms with Crippen molar-refractivity contribution < 1.29 is 14.6 Å². The molecule has 0 fully saturated rings. The third-order valence-corrected chi connectivity index (χ3v) is 5.57. The number of hydrogen-bond acceptors (Lipinski definition) is 3. The van der Waals surface area contributed by atoms with E-state index in [9.17, 15) is 9.90 Å². The van der Waals surface area contributed by atoms with Crippen molar-refractivity contribution in [1.29, 1.82) is 0 Å². The molecule has 0 aliphatic rings. The van der Waals surface area contributed by atoms with Crippen LogP contribution < -0.4 is 10.1 Å². The lowest BCUT2D eigenvalue weighted by Crippen LogP contribution is -2.17. The first-order chi connectivity index (χ1) is 15.1. The summed E-state index contributed by atoms with van der Waals surface area (Å²) in [6, 6.07) is 23.1. The fourth-order valence-electron chi connectivity index (χ4n) is 3.81. The molecular formula is C25H23ClN2O3. The predicted molar refractivity (Wildman–Crippen MR) is 123 cm³/mol. The van der Waals surface area contributed by atoms with Gasteiger partial charge in [0.25, 0.3) is 0 Å². The summed E-state index contributed by atoms with van der Waals surface area (Å²) < 4.78 is 7.10. The van der Waals surface area contributed by atoms with E-state index in [4.69, 9.17) is 16.3 Å². The molecule has 3 aromatic carbocycles. The summed E-state index contributed by atoms with van der Waals surface area (Å²) in [6.45, 7) is 1.53. The van der Waals surface area contributed by atoms with Crippen LogP contribution in [-0.2, 0) is 19.6 Å². The summed E-state index contributed by atoms with van der Waals surface area (Å²) in [5.74, 6) is -0.167. The fraction of sp³-hybridized carbons (Fsp3) is 0.160. The SMILES string of the molecule is COc1ccc(Cn2c(C(=O)O)c(CNCc3ccc(Cl)cc3)c3ccccc32)cc1. The number of hydrogen-bond donors (Lipinski definition) is 2. The molecule has 0 unspecified atom stereocenters. The number of benzene rings is 3. The van der Waals surface area contributed by atoms with Gasteiger partial charge in [0.05, 0.1) is 7.11 Å². The van der Waals surface area contributed by atoms with E-state index < -0.39 is 5.97 Å². The topological polar surface area (TPSA) is 63.5 Å². The van der Waals surface area contributed by atoms with E-state index in [1.165, 1.54) is 0 Å². The number of carbonyl (C=O) groups is 1. The van der Waals surface area contributed by atoms with Crippen molar-refractivity contribution in [3.05, 3.63) is 100 Å². The van der Waals surface area contributed by atoms with Crippen molar-refractivity contribution in [2.24, 2.45) is 0 Å². The Labute approximate surface area is 185 Å². The van der Waals surface area contributed by atoms with Gasteiger partial charge < -0.3 is 19.7 Å². The van der Waals surface area contributed by atoms with Crippen LogP contribution in [0.15, 0.2) is 72.8 Å². The van der Waals surface area contributed by atoms with Crippen molar-refractivity contribution >= 4 is 28.5 Å². The van der Waals surface area contributed by atoms with Gasteiger partial charge in [-0.05, 0) is 41.5 Å². The van der Waals surface area contributed by atoms with Crippen LogP contribution in [0.3, 0.4) is 0 Å². The standard InChI is InChI=1S/C25H23ClN2O3/c1-31-20-12-8-18(9-13-20)16-28-23-5-3-2-4-21(23)22(24(28)25(29)30)15-27-14-17-6-10-19(26)11-7-17/h2-13,27H,14-16H2,1H3,(H,29,30). The number of rotatable bonds is 8. The molecule has 0 aliphatic carbocycles. The molecule has 0 radical (unpaired) electrons. The Bertz CT molecular complexity index is 1200. The maximum atomic E-state index is 12.3. The van der Waals surface area contributed by atoms with Crippen LogP contribution in [0.4, 0.5) is 0 Å². The molecule has 0 saturated carbocycles. The number of nitrogens with one attached hydrogen (secondary N) is 1. The number of carboxylic acids is 1. The Balaban J connectivity index is 1.66. The van der Waals surface area contributed by atoms with Crippen LogP contribution in [0.5, 0.6) is 5.75 Å². The van der Waals surface area contributed by atoms with Crippen LogP contribution in [0.25, 0.3) is 10.9 Å². The first kappa shape index (κ1) is 21.0. The third kappa shape index (κ3) is 4.58. The largest absolute Gasteiger partial charge is 0.497 e. The minimum Gasteiger partial charge on any atom is -0.497 e. The van der Waals surface area contributed by atoms with Crippen molar-refractivity contribution in [2.75, 3.05) is 7.11 Å². The normalized spacial score (nSPS) is 11.0. The highest BCUT2D eigenvalue weighted by Crippen LogP contribution is 2.28. The van der Waals surface area contributed by atoms with Crippen molar-refractivity contribution in [2.45, 2.75) is 19.6 Å². The number of para-hydroxylation sites is 1. The van der Waals surface area contributed by atoms with Gasteiger partial charge in [-0.25, -0.2) is 4.79 Å². The number of aromatic carboxylic acids is 1. The molecule has 0 amide bonds. The van der Waals surface area contributed by atoms with Crippen LogP contribution in [0.1, 0.15) is 27.2 Å². The molecular weight excluding hydrogens is 412 g/mol. The molecule has 0 saturated heterocycles. The lowest BCUT2D eigenvalue weighted by Gasteiger charge is -2.11. The highest BCUT2D eigenvalue weighted by atomic mass is 35.5. The van der Waals surface area contributed by atoms with E-state index >= 15 is 0 Å². The van der Waals surface area contributed by atoms with E-state index in [1.807, 2.05) is 77.4 Å². The van der Waals surface area contributed by atoms with Gasteiger partial charge in [-0.1, -0.05) is 54.1 Å². The molecule has 1 aromatic heterocycles. The molecule has 4 rings (SSSR count). The first-order valence-electron chi connectivity index (χ1n) is 9.98. The number of ether oxygens (including phenoxy) is 1. The zero-order valence-corrected chi connectivity index (χ0v) is 17.9. The number of nitrogens with zero attached hydrogens (tertiary/aromatic N) is 1. The lowest BCUT2D eigenvalue weighted by molar-refractivity contribution is 0.0684. The Morgan fingerprint density at radius 2 is 1.65 bits per heavy atom. The Kier molecular flexibility index (Phi) is 6.26. The minimum absolute atomic E-state index is 0.306. The van der Waals surface area contributed by atoms with Gasteiger partial charge in [0.1, 0.15) is 11.4 Å². The molecule has 158 valence electrons. The quantitative estimate of drug-likeness (QED) is 0.393. The maximum Gasteiger partial charge on any atom is 0.352 e. The Hall–Kier alpha value is -3.28. The zero-order chi connectivity index (χ0) is 21.8. The smallest absolute Gasteiger partial charge is 0.352 e. The molecule has 4 aromatic rings. The first-order valence-corrected chi connectivity index (χ1v) is 10.4. The molecule has 0 aliphatic heterocycles. The summed E-state index contributed by atoms with van der Waals surface area (Å²) >= 11 is 5.95. The number of halogens is 1. The van der Waals surface area contributed by atoms with E-state index in [1.54, 1.807) is 7.11 Å². The van der Waals surface area contributed by atoms with Gasteiger partial charge in [-0.3, -0.25) is 0 Å². The molecule has 31 heavy (non-hydrogen) atoms. The molecule has 1 heterocycles. The fourth-order valence-corrected chi connectivity index (χ4v) is 3.94. The van der Waals surface area contributed by atoms with Crippen molar-refractivity contribution in [1.82, 2.24) is 9.88 Å². The highest BCUT2D eigenvalue weighted by molar-refractivity contribution is 6.30. The molecule has 6 heteroatoms. The third-order valence-electron chi connectivity index (χ3n) is 5.32. The second-order valence-corrected chi connectivity index (χ2v) is 7.75. The molecule has 0 bridgehead atoms. The summed E-state index contributed by atoms with van der Waals surface area (Å²) in [7, 11) is 1.63. The zero-order valence-electron chi connectivity index (χ0n) is 17.1. The summed E-state index contributed by atoms with van der Waals surface area (Å²) in [4.78, 5) is 12.3. The average molecular weight is 435 g/mol. The molecule has 0 atom stereocenters. The molecule has 2 N–H and O–H groups in total. The Morgan fingerprint density at radius 1 is 0.968 bits per heavy atom. The second kappa shape index (κ2) is 9.25.